The molecular formula is C9H10F2N6OS. The molecule has 102 valence electrons. The number of hydrogen-bond acceptors (Lipinski definition) is 6. The first-order valence-corrected chi connectivity index (χ1v) is 6.02. The number of halogens is 2. The SMILES string of the molecule is C[C@@H](NC(=O)c1ccn(C(F)F)n1)c1nnc(N)s1. The van der Waals surface area contributed by atoms with E-state index in [2.05, 4.69) is 20.6 Å². The van der Waals surface area contributed by atoms with Gasteiger partial charge in [0.1, 0.15) is 10.7 Å². The Balaban J connectivity index is 2.04. The van der Waals surface area contributed by atoms with Crippen LogP contribution < -0.4 is 11.1 Å². The lowest BCUT2D eigenvalue weighted by molar-refractivity contribution is 0.0559. The predicted octanol–water partition coefficient (Wildman–Crippen LogP) is 1.20. The van der Waals surface area contributed by atoms with E-state index in [0.717, 1.165) is 17.5 Å². The third kappa shape index (κ3) is 3.02. The van der Waals surface area contributed by atoms with E-state index in [-0.39, 0.29) is 10.8 Å². The number of nitrogens with two attached hydrogens (primary N) is 1. The van der Waals surface area contributed by atoms with Crippen molar-refractivity contribution in [3.63, 3.8) is 0 Å². The van der Waals surface area contributed by atoms with Gasteiger partial charge >= 0.3 is 6.55 Å². The Morgan fingerprint density at radius 2 is 2.26 bits per heavy atom. The van der Waals surface area contributed by atoms with Crippen LogP contribution in [0.25, 0.3) is 0 Å². The highest BCUT2D eigenvalue weighted by Gasteiger charge is 2.18. The highest BCUT2D eigenvalue weighted by atomic mass is 32.1. The van der Waals surface area contributed by atoms with Gasteiger partial charge in [-0.05, 0) is 13.0 Å². The van der Waals surface area contributed by atoms with Crippen LogP contribution in [0.15, 0.2) is 12.3 Å². The Kier molecular flexibility index (Phi) is 3.69. The number of carbonyl (C=O) groups excluding carboxylic acids is 1. The fourth-order valence-electron chi connectivity index (χ4n) is 1.32. The first kappa shape index (κ1) is 13.3. The van der Waals surface area contributed by atoms with Crippen LogP contribution >= 0.6 is 11.3 Å². The number of nitrogens with one attached hydrogen (secondary N) is 1. The van der Waals surface area contributed by atoms with Crippen LogP contribution in [0.1, 0.15) is 35.0 Å². The molecule has 0 unspecified atom stereocenters. The van der Waals surface area contributed by atoms with E-state index in [1.165, 1.54) is 6.07 Å². The Hall–Kier alpha value is -2.10. The van der Waals surface area contributed by atoms with Crippen molar-refractivity contribution in [3.05, 3.63) is 23.0 Å². The predicted molar refractivity (Wildman–Crippen MR) is 63.7 cm³/mol. The quantitative estimate of drug-likeness (QED) is 0.880. The van der Waals surface area contributed by atoms with Gasteiger partial charge in [-0.3, -0.25) is 4.79 Å². The van der Waals surface area contributed by atoms with Gasteiger partial charge in [-0.2, -0.15) is 13.9 Å². The van der Waals surface area contributed by atoms with Gasteiger partial charge in [0, 0.05) is 6.20 Å². The Bertz CT molecular complexity index is 583. The molecule has 2 aromatic rings. The molecule has 3 N–H and O–H groups in total. The molecule has 0 aromatic carbocycles. The van der Waals surface area contributed by atoms with E-state index in [1.54, 1.807) is 6.92 Å². The smallest absolute Gasteiger partial charge is 0.333 e. The summed E-state index contributed by atoms with van der Waals surface area (Å²) in [5, 5.41) is 14.2. The summed E-state index contributed by atoms with van der Waals surface area (Å²) in [6.07, 6.45) is 1.03. The lowest BCUT2D eigenvalue weighted by Crippen LogP contribution is -2.27. The second kappa shape index (κ2) is 5.26. The number of anilines is 1. The molecule has 0 saturated heterocycles. The second-order valence-corrected chi connectivity index (χ2v) is 4.67. The summed E-state index contributed by atoms with van der Waals surface area (Å²) < 4.78 is 25.0. The van der Waals surface area contributed by atoms with Crippen molar-refractivity contribution >= 4 is 22.4 Å². The molecule has 0 bridgehead atoms. The Morgan fingerprint density at radius 3 is 2.79 bits per heavy atom. The molecule has 0 aliphatic heterocycles. The van der Waals surface area contributed by atoms with Gasteiger partial charge in [0.15, 0.2) is 0 Å². The van der Waals surface area contributed by atoms with Crippen LogP contribution in [0.4, 0.5) is 13.9 Å². The van der Waals surface area contributed by atoms with Gasteiger partial charge in [0.05, 0.1) is 6.04 Å². The molecule has 1 amide bonds. The van der Waals surface area contributed by atoms with Crippen molar-refractivity contribution in [2.24, 2.45) is 0 Å². The Morgan fingerprint density at radius 1 is 1.53 bits per heavy atom. The van der Waals surface area contributed by atoms with Gasteiger partial charge in [0.25, 0.3) is 5.91 Å². The van der Waals surface area contributed by atoms with Gasteiger partial charge in [-0.25, -0.2) is 4.68 Å². The second-order valence-electron chi connectivity index (χ2n) is 3.63. The molecule has 0 fully saturated rings. The maximum atomic E-state index is 12.3. The highest BCUT2D eigenvalue weighted by Crippen LogP contribution is 2.19. The molecule has 2 rings (SSSR count). The molecule has 19 heavy (non-hydrogen) atoms. The minimum atomic E-state index is -2.78. The zero-order valence-electron chi connectivity index (χ0n) is 9.75. The van der Waals surface area contributed by atoms with E-state index < -0.39 is 18.5 Å². The molecule has 10 heteroatoms. The number of alkyl halides is 2. The fraction of sp³-hybridized carbons (Fsp3) is 0.333. The molecule has 0 radical (unpaired) electrons. The van der Waals surface area contributed by atoms with Crippen molar-refractivity contribution in [3.8, 4) is 0 Å². The standard InChI is InChI=1S/C9H10F2N6OS/c1-4(7-14-15-9(12)19-7)13-6(18)5-2-3-17(16-5)8(10)11/h2-4,8H,1H3,(H2,12,15)(H,13,18)/t4-/m1/s1. The summed E-state index contributed by atoms with van der Waals surface area (Å²) in [5.41, 5.74) is 5.34. The van der Waals surface area contributed by atoms with Gasteiger partial charge in [0.2, 0.25) is 5.13 Å². The zero-order valence-corrected chi connectivity index (χ0v) is 10.6. The van der Waals surface area contributed by atoms with Crippen molar-refractivity contribution in [2.75, 3.05) is 5.73 Å². The number of carbonyl (C=O) groups is 1. The summed E-state index contributed by atoms with van der Waals surface area (Å²) in [7, 11) is 0. The number of nitrogen functional groups attached to an aromatic ring is 1. The first-order chi connectivity index (χ1) is 8.97. The summed E-state index contributed by atoms with van der Waals surface area (Å²) in [4.78, 5) is 11.8. The van der Waals surface area contributed by atoms with E-state index in [0.29, 0.717) is 9.69 Å². The maximum Gasteiger partial charge on any atom is 0.333 e. The topological polar surface area (TPSA) is 98.7 Å². The van der Waals surface area contributed by atoms with E-state index in [9.17, 15) is 13.6 Å². The number of aromatic nitrogens is 4. The average molecular weight is 288 g/mol. The van der Waals surface area contributed by atoms with Crippen molar-refractivity contribution < 1.29 is 13.6 Å². The minimum absolute atomic E-state index is 0.0929. The molecule has 7 nitrogen and oxygen atoms in total. The largest absolute Gasteiger partial charge is 0.374 e. The lowest BCUT2D eigenvalue weighted by atomic mass is 10.3. The minimum Gasteiger partial charge on any atom is -0.374 e. The first-order valence-electron chi connectivity index (χ1n) is 5.20. The van der Waals surface area contributed by atoms with E-state index in [1.807, 2.05) is 0 Å². The maximum absolute atomic E-state index is 12.3. The number of amides is 1. The van der Waals surface area contributed by atoms with Crippen LogP contribution in [-0.4, -0.2) is 25.9 Å². The van der Waals surface area contributed by atoms with Gasteiger partial charge < -0.3 is 11.1 Å². The van der Waals surface area contributed by atoms with E-state index in [4.69, 9.17) is 5.73 Å². The number of nitrogens with zero attached hydrogens (tertiary/aromatic N) is 4. The van der Waals surface area contributed by atoms with Crippen molar-refractivity contribution in [2.45, 2.75) is 19.5 Å². The molecule has 2 heterocycles. The summed E-state index contributed by atoms with van der Waals surface area (Å²) in [6.45, 7) is -1.09. The average Bonchev–Trinajstić information content (AvgIpc) is 2.96. The van der Waals surface area contributed by atoms with E-state index >= 15 is 0 Å². The molecule has 1 atom stereocenters. The molecule has 0 aliphatic rings. The van der Waals surface area contributed by atoms with Gasteiger partial charge in [-0.15, -0.1) is 10.2 Å². The zero-order chi connectivity index (χ0) is 14.0. The van der Waals surface area contributed by atoms with Crippen LogP contribution in [0.3, 0.4) is 0 Å². The summed E-state index contributed by atoms with van der Waals surface area (Å²) in [6, 6.07) is 0.780. The number of rotatable bonds is 4. The third-order valence-electron chi connectivity index (χ3n) is 2.22. The van der Waals surface area contributed by atoms with Crippen LogP contribution in [0.2, 0.25) is 0 Å². The third-order valence-corrected chi connectivity index (χ3v) is 3.15. The molecule has 0 saturated carbocycles. The van der Waals surface area contributed by atoms with Crippen LogP contribution in [0, 0.1) is 0 Å². The molecule has 2 aromatic heterocycles. The highest BCUT2D eigenvalue weighted by molar-refractivity contribution is 7.15. The Labute approximate surface area is 110 Å². The lowest BCUT2D eigenvalue weighted by Gasteiger charge is -2.08. The fourth-order valence-corrected chi connectivity index (χ4v) is 1.93. The van der Waals surface area contributed by atoms with Crippen LogP contribution in [0.5, 0.6) is 0 Å². The van der Waals surface area contributed by atoms with Crippen molar-refractivity contribution in [1.29, 1.82) is 0 Å². The molecule has 0 aliphatic carbocycles. The molecular weight excluding hydrogens is 278 g/mol. The summed E-state index contributed by atoms with van der Waals surface area (Å²) >= 11 is 1.14. The van der Waals surface area contributed by atoms with Crippen molar-refractivity contribution in [1.82, 2.24) is 25.3 Å². The summed E-state index contributed by atoms with van der Waals surface area (Å²) in [5.74, 6) is -0.569. The van der Waals surface area contributed by atoms with Gasteiger partial charge in [-0.1, -0.05) is 11.3 Å². The number of hydrogen-bond donors (Lipinski definition) is 2. The normalized spacial score (nSPS) is 12.6. The monoisotopic (exact) mass is 288 g/mol. The van der Waals surface area contributed by atoms with Crippen LogP contribution in [-0.2, 0) is 0 Å². The molecule has 0 spiro atoms.